The van der Waals surface area contributed by atoms with Crippen LogP contribution >= 0.6 is 0 Å². The Balaban J connectivity index is 2.57. The highest BCUT2D eigenvalue weighted by Crippen LogP contribution is 2.39. The van der Waals surface area contributed by atoms with E-state index in [4.69, 9.17) is 0 Å². The van der Waals surface area contributed by atoms with Gasteiger partial charge in [-0.1, -0.05) is 33.6 Å². The number of hydrogen-bond donors (Lipinski definition) is 1. The van der Waals surface area contributed by atoms with E-state index in [0.717, 1.165) is 11.8 Å². The lowest BCUT2D eigenvalue weighted by Gasteiger charge is -2.43. The summed E-state index contributed by atoms with van der Waals surface area (Å²) in [5.74, 6) is 1.73. The molecule has 0 aliphatic heterocycles. The van der Waals surface area contributed by atoms with E-state index in [2.05, 4.69) is 52.0 Å². The lowest BCUT2D eigenvalue weighted by molar-refractivity contribution is 0.0788. The second-order valence-corrected chi connectivity index (χ2v) is 7.61. The number of rotatable bonds is 7. The minimum Gasteiger partial charge on any atom is -0.319 e. The number of hydrogen-bond acceptors (Lipinski definition) is 2. The summed E-state index contributed by atoms with van der Waals surface area (Å²) in [6, 6.07) is 0.702. The first-order chi connectivity index (χ1) is 8.88. The fraction of sp³-hybridized carbons (Fsp3) is 1.00. The second-order valence-electron chi connectivity index (χ2n) is 7.61. The Hall–Kier alpha value is -0.0800. The third-order valence-electron chi connectivity index (χ3n) is 5.04. The Labute approximate surface area is 121 Å². The minimum absolute atomic E-state index is 0.515. The summed E-state index contributed by atoms with van der Waals surface area (Å²) in [5.41, 5.74) is 0.515. The van der Waals surface area contributed by atoms with E-state index in [-0.39, 0.29) is 0 Å². The van der Waals surface area contributed by atoms with Crippen LogP contribution < -0.4 is 5.32 Å². The molecular weight excluding hydrogens is 232 g/mol. The zero-order valence-electron chi connectivity index (χ0n) is 14.1. The molecule has 0 aromatic heterocycles. The summed E-state index contributed by atoms with van der Waals surface area (Å²) < 4.78 is 0. The SMILES string of the molecule is CNCC1(CN(C)C(C)CC(C)C)CCC(C)CC1. The molecule has 1 aliphatic carbocycles. The highest BCUT2D eigenvalue weighted by atomic mass is 15.1. The molecule has 0 spiro atoms. The molecule has 1 rings (SSSR count). The van der Waals surface area contributed by atoms with Crippen LogP contribution in [0.4, 0.5) is 0 Å². The maximum atomic E-state index is 3.45. The molecule has 0 saturated heterocycles. The third kappa shape index (κ3) is 5.43. The summed E-state index contributed by atoms with van der Waals surface area (Å²) in [6.45, 7) is 11.9. The Morgan fingerprint density at radius 1 is 1.21 bits per heavy atom. The lowest BCUT2D eigenvalue weighted by Crippen LogP contribution is -2.46. The van der Waals surface area contributed by atoms with Crippen LogP contribution in [0.3, 0.4) is 0 Å². The van der Waals surface area contributed by atoms with Crippen molar-refractivity contribution >= 4 is 0 Å². The summed E-state index contributed by atoms with van der Waals surface area (Å²) in [5, 5.41) is 3.45. The van der Waals surface area contributed by atoms with Gasteiger partial charge in [-0.2, -0.15) is 0 Å². The Morgan fingerprint density at radius 3 is 2.26 bits per heavy atom. The van der Waals surface area contributed by atoms with Crippen molar-refractivity contribution < 1.29 is 0 Å². The van der Waals surface area contributed by atoms with E-state index in [1.54, 1.807) is 0 Å². The lowest BCUT2D eigenvalue weighted by atomic mass is 9.70. The van der Waals surface area contributed by atoms with Crippen molar-refractivity contribution in [1.29, 1.82) is 0 Å². The number of nitrogens with one attached hydrogen (secondary N) is 1. The minimum atomic E-state index is 0.515. The van der Waals surface area contributed by atoms with Crippen LogP contribution in [0.5, 0.6) is 0 Å². The highest BCUT2D eigenvalue weighted by molar-refractivity contribution is 4.89. The van der Waals surface area contributed by atoms with Crippen molar-refractivity contribution in [3.63, 3.8) is 0 Å². The van der Waals surface area contributed by atoms with Crippen molar-refractivity contribution in [3.8, 4) is 0 Å². The molecule has 0 aromatic rings. The summed E-state index contributed by atoms with van der Waals surface area (Å²) in [7, 11) is 4.43. The van der Waals surface area contributed by atoms with Crippen LogP contribution in [0, 0.1) is 17.3 Å². The summed E-state index contributed by atoms with van der Waals surface area (Å²) >= 11 is 0. The van der Waals surface area contributed by atoms with Gasteiger partial charge >= 0.3 is 0 Å². The fourth-order valence-corrected chi connectivity index (χ4v) is 3.69. The van der Waals surface area contributed by atoms with Gasteiger partial charge in [0.15, 0.2) is 0 Å². The van der Waals surface area contributed by atoms with Gasteiger partial charge in [0.1, 0.15) is 0 Å². The van der Waals surface area contributed by atoms with Crippen LogP contribution in [0.1, 0.15) is 59.8 Å². The molecule has 0 amide bonds. The zero-order chi connectivity index (χ0) is 14.5. The monoisotopic (exact) mass is 268 g/mol. The molecule has 2 heteroatoms. The maximum absolute atomic E-state index is 3.45. The van der Waals surface area contributed by atoms with E-state index in [1.807, 2.05) is 0 Å². The van der Waals surface area contributed by atoms with E-state index >= 15 is 0 Å². The van der Waals surface area contributed by atoms with Gasteiger partial charge in [0.2, 0.25) is 0 Å². The molecule has 2 nitrogen and oxygen atoms in total. The third-order valence-corrected chi connectivity index (χ3v) is 5.04. The average Bonchev–Trinajstić information content (AvgIpc) is 2.32. The first kappa shape index (κ1) is 17.0. The molecular formula is C17H36N2. The van der Waals surface area contributed by atoms with Crippen molar-refractivity contribution in [2.24, 2.45) is 17.3 Å². The molecule has 1 unspecified atom stereocenters. The zero-order valence-corrected chi connectivity index (χ0v) is 14.1. The Morgan fingerprint density at radius 2 is 1.79 bits per heavy atom. The van der Waals surface area contributed by atoms with Gasteiger partial charge in [0, 0.05) is 19.1 Å². The fourth-order valence-electron chi connectivity index (χ4n) is 3.69. The highest BCUT2D eigenvalue weighted by Gasteiger charge is 2.35. The predicted molar refractivity (Wildman–Crippen MR) is 85.5 cm³/mol. The van der Waals surface area contributed by atoms with Crippen LogP contribution in [0.15, 0.2) is 0 Å². The van der Waals surface area contributed by atoms with Crippen molar-refractivity contribution in [1.82, 2.24) is 10.2 Å². The van der Waals surface area contributed by atoms with E-state index < -0.39 is 0 Å². The molecule has 0 heterocycles. The van der Waals surface area contributed by atoms with Crippen LogP contribution in [0.2, 0.25) is 0 Å². The normalized spacial score (nSPS) is 30.0. The van der Waals surface area contributed by atoms with Crippen molar-refractivity contribution in [2.45, 2.75) is 65.8 Å². The van der Waals surface area contributed by atoms with Gasteiger partial charge in [-0.15, -0.1) is 0 Å². The van der Waals surface area contributed by atoms with Crippen molar-refractivity contribution in [3.05, 3.63) is 0 Å². The predicted octanol–water partition coefficient (Wildman–Crippen LogP) is 3.77. The van der Waals surface area contributed by atoms with Gasteiger partial charge in [-0.3, -0.25) is 0 Å². The van der Waals surface area contributed by atoms with E-state index in [9.17, 15) is 0 Å². The molecule has 1 atom stereocenters. The topological polar surface area (TPSA) is 15.3 Å². The van der Waals surface area contributed by atoms with Crippen molar-refractivity contribution in [2.75, 3.05) is 27.2 Å². The maximum Gasteiger partial charge on any atom is 0.00665 e. The summed E-state index contributed by atoms with van der Waals surface area (Å²) in [4.78, 5) is 2.60. The van der Waals surface area contributed by atoms with Gasteiger partial charge in [0.05, 0.1) is 0 Å². The molecule has 0 bridgehead atoms. The average molecular weight is 268 g/mol. The molecule has 1 aliphatic rings. The molecule has 1 saturated carbocycles. The molecule has 0 radical (unpaired) electrons. The molecule has 114 valence electrons. The standard InChI is InChI=1S/C17H36N2/c1-14(2)11-16(4)19(6)13-17(12-18-5)9-7-15(3)8-10-17/h14-16,18H,7-13H2,1-6H3. The largest absolute Gasteiger partial charge is 0.319 e. The van der Waals surface area contributed by atoms with Crippen LogP contribution in [-0.2, 0) is 0 Å². The number of nitrogens with zero attached hydrogens (tertiary/aromatic N) is 1. The molecule has 0 aromatic carbocycles. The van der Waals surface area contributed by atoms with Gasteiger partial charge in [0.25, 0.3) is 0 Å². The molecule has 19 heavy (non-hydrogen) atoms. The van der Waals surface area contributed by atoms with E-state index in [0.29, 0.717) is 11.5 Å². The quantitative estimate of drug-likeness (QED) is 0.756. The van der Waals surface area contributed by atoms with Crippen LogP contribution in [-0.4, -0.2) is 38.1 Å². The smallest absolute Gasteiger partial charge is 0.00665 e. The second kappa shape index (κ2) is 7.64. The Bertz CT molecular complexity index is 242. The summed E-state index contributed by atoms with van der Waals surface area (Å²) in [6.07, 6.45) is 6.92. The first-order valence-corrected chi connectivity index (χ1v) is 8.23. The van der Waals surface area contributed by atoms with Gasteiger partial charge in [-0.05, 0) is 57.5 Å². The van der Waals surface area contributed by atoms with Crippen LogP contribution in [0.25, 0.3) is 0 Å². The molecule has 1 N–H and O–H groups in total. The Kier molecular flexibility index (Phi) is 6.82. The van der Waals surface area contributed by atoms with Gasteiger partial charge in [-0.25, -0.2) is 0 Å². The first-order valence-electron chi connectivity index (χ1n) is 8.23. The molecule has 1 fully saturated rings. The van der Waals surface area contributed by atoms with E-state index in [1.165, 1.54) is 45.2 Å². The van der Waals surface area contributed by atoms with Gasteiger partial charge < -0.3 is 10.2 Å².